The third-order valence-electron chi connectivity index (χ3n) is 4.36. The molecular formula is C20H20FNO4. The van der Waals surface area contributed by atoms with Crippen LogP contribution in [0.25, 0.3) is 0 Å². The fraction of sp³-hybridized carbons (Fsp3) is 0.300. The van der Waals surface area contributed by atoms with Gasteiger partial charge in [-0.05, 0) is 61.7 Å². The Morgan fingerprint density at radius 3 is 2.58 bits per heavy atom. The van der Waals surface area contributed by atoms with E-state index in [-0.39, 0.29) is 17.5 Å². The minimum absolute atomic E-state index is 0.261. The van der Waals surface area contributed by atoms with Gasteiger partial charge in [0.05, 0.1) is 12.8 Å². The molecule has 6 heteroatoms. The van der Waals surface area contributed by atoms with Crippen LogP contribution in [0.2, 0.25) is 0 Å². The first-order valence-electron chi connectivity index (χ1n) is 8.41. The van der Waals surface area contributed by atoms with E-state index in [9.17, 15) is 14.0 Å². The minimum atomic E-state index is -0.487. The van der Waals surface area contributed by atoms with Crippen molar-refractivity contribution >= 4 is 17.4 Å². The van der Waals surface area contributed by atoms with Gasteiger partial charge in [-0.25, -0.2) is 4.39 Å². The zero-order chi connectivity index (χ0) is 18.7. The average molecular weight is 357 g/mol. The molecule has 2 aromatic carbocycles. The SMILES string of the molecule is COc1ccc(C(=O)c2ccc(F)c(C)c2)cc1NC(=O)C1CCCO1. The van der Waals surface area contributed by atoms with Crippen molar-refractivity contribution in [2.75, 3.05) is 19.0 Å². The second-order valence-electron chi connectivity index (χ2n) is 6.20. The molecule has 136 valence electrons. The van der Waals surface area contributed by atoms with Gasteiger partial charge in [-0.1, -0.05) is 0 Å². The molecule has 1 fully saturated rings. The first-order valence-corrected chi connectivity index (χ1v) is 8.41. The van der Waals surface area contributed by atoms with Crippen molar-refractivity contribution < 1.29 is 23.5 Å². The Balaban J connectivity index is 1.87. The van der Waals surface area contributed by atoms with Gasteiger partial charge in [-0.3, -0.25) is 9.59 Å². The lowest BCUT2D eigenvalue weighted by Crippen LogP contribution is -2.27. The van der Waals surface area contributed by atoms with Crippen LogP contribution >= 0.6 is 0 Å². The summed E-state index contributed by atoms with van der Waals surface area (Å²) in [7, 11) is 1.49. The molecule has 1 saturated heterocycles. The molecule has 1 heterocycles. The Morgan fingerprint density at radius 2 is 1.92 bits per heavy atom. The Labute approximate surface area is 151 Å². The molecule has 2 aromatic rings. The molecule has 0 aromatic heterocycles. The summed E-state index contributed by atoms with van der Waals surface area (Å²) in [6.45, 7) is 2.17. The number of carbonyl (C=O) groups excluding carboxylic acids is 2. The van der Waals surface area contributed by atoms with E-state index in [0.29, 0.717) is 41.2 Å². The predicted molar refractivity (Wildman–Crippen MR) is 95.2 cm³/mol. The van der Waals surface area contributed by atoms with Gasteiger partial charge in [-0.2, -0.15) is 0 Å². The van der Waals surface area contributed by atoms with Crippen LogP contribution in [-0.4, -0.2) is 31.5 Å². The summed E-state index contributed by atoms with van der Waals surface area (Å²) in [4.78, 5) is 25.0. The predicted octanol–water partition coefficient (Wildman–Crippen LogP) is 3.49. The zero-order valence-electron chi connectivity index (χ0n) is 14.7. The number of carbonyl (C=O) groups is 2. The number of anilines is 1. The fourth-order valence-corrected chi connectivity index (χ4v) is 2.90. The maximum Gasteiger partial charge on any atom is 0.253 e. The van der Waals surface area contributed by atoms with Crippen molar-refractivity contribution in [1.29, 1.82) is 0 Å². The molecule has 3 rings (SSSR count). The number of methoxy groups -OCH3 is 1. The number of hydrogen-bond acceptors (Lipinski definition) is 4. The number of ketones is 1. The topological polar surface area (TPSA) is 64.6 Å². The number of amides is 1. The molecule has 26 heavy (non-hydrogen) atoms. The van der Waals surface area contributed by atoms with Gasteiger partial charge < -0.3 is 14.8 Å². The molecule has 1 atom stereocenters. The number of hydrogen-bond donors (Lipinski definition) is 1. The highest BCUT2D eigenvalue weighted by Crippen LogP contribution is 2.28. The van der Waals surface area contributed by atoms with Gasteiger partial charge in [-0.15, -0.1) is 0 Å². The van der Waals surface area contributed by atoms with Gasteiger partial charge in [0.25, 0.3) is 5.91 Å². The molecule has 1 aliphatic rings. The highest BCUT2D eigenvalue weighted by molar-refractivity contribution is 6.10. The van der Waals surface area contributed by atoms with E-state index in [4.69, 9.17) is 9.47 Å². The first kappa shape index (κ1) is 18.1. The molecule has 0 aliphatic carbocycles. The number of benzene rings is 2. The summed E-state index contributed by atoms with van der Waals surface area (Å²) < 4.78 is 24.1. The Hall–Kier alpha value is -2.73. The highest BCUT2D eigenvalue weighted by atomic mass is 19.1. The van der Waals surface area contributed by atoms with Crippen LogP contribution < -0.4 is 10.1 Å². The fourth-order valence-electron chi connectivity index (χ4n) is 2.90. The highest BCUT2D eigenvalue weighted by Gasteiger charge is 2.24. The smallest absolute Gasteiger partial charge is 0.253 e. The van der Waals surface area contributed by atoms with E-state index >= 15 is 0 Å². The van der Waals surface area contributed by atoms with Gasteiger partial charge in [0, 0.05) is 17.7 Å². The summed E-state index contributed by atoms with van der Waals surface area (Å²) in [6.07, 6.45) is 1.03. The minimum Gasteiger partial charge on any atom is -0.495 e. The molecule has 0 spiro atoms. The third kappa shape index (κ3) is 3.75. The average Bonchev–Trinajstić information content (AvgIpc) is 3.18. The van der Waals surface area contributed by atoms with E-state index in [0.717, 1.165) is 6.42 Å². The van der Waals surface area contributed by atoms with E-state index in [2.05, 4.69) is 5.32 Å². The van der Waals surface area contributed by atoms with E-state index in [1.165, 1.54) is 25.3 Å². The summed E-state index contributed by atoms with van der Waals surface area (Å²) in [5.74, 6) is -0.435. The normalized spacial score (nSPS) is 16.3. The summed E-state index contributed by atoms with van der Waals surface area (Å²) in [6, 6.07) is 9.02. The van der Waals surface area contributed by atoms with Crippen LogP contribution in [0.5, 0.6) is 5.75 Å². The second kappa shape index (κ2) is 7.66. The van der Waals surface area contributed by atoms with Crippen LogP contribution in [0.1, 0.15) is 34.3 Å². The quantitative estimate of drug-likeness (QED) is 0.832. The zero-order valence-corrected chi connectivity index (χ0v) is 14.7. The monoisotopic (exact) mass is 357 g/mol. The Bertz CT molecular complexity index is 844. The maximum atomic E-state index is 13.4. The molecule has 1 N–H and O–H groups in total. The lowest BCUT2D eigenvalue weighted by molar-refractivity contribution is -0.124. The maximum absolute atomic E-state index is 13.4. The van der Waals surface area contributed by atoms with Gasteiger partial charge in [0.2, 0.25) is 0 Å². The standard InChI is InChI=1S/C20H20FNO4/c1-12-10-13(5-7-15(12)21)19(23)14-6-8-17(25-2)16(11-14)22-20(24)18-4-3-9-26-18/h5-8,10-11,18H,3-4,9H2,1-2H3,(H,22,24). The largest absolute Gasteiger partial charge is 0.495 e. The number of rotatable bonds is 5. The van der Waals surface area contributed by atoms with Crippen molar-refractivity contribution in [1.82, 2.24) is 0 Å². The van der Waals surface area contributed by atoms with E-state index in [1.807, 2.05) is 0 Å². The van der Waals surface area contributed by atoms with Gasteiger partial charge in [0.15, 0.2) is 5.78 Å². The summed E-state index contributed by atoms with van der Waals surface area (Å²) >= 11 is 0. The van der Waals surface area contributed by atoms with Gasteiger partial charge in [0.1, 0.15) is 17.7 Å². The lowest BCUT2D eigenvalue weighted by atomic mass is 10.0. The summed E-state index contributed by atoms with van der Waals surface area (Å²) in [5, 5.41) is 2.77. The van der Waals surface area contributed by atoms with Crippen molar-refractivity contribution in [3.63, 3.8) is 0 Å². The van der Waals surface area contributed by atoms with Crippen molar-refractivity contribution in [2.45, 2.75) is 25.9 Å². The summed E-state index contributed by atoms with van der Waals surface area (Å²) in [5.41, 5.74) is 1.55. The first-order chi connectivity index (χ1) is 12.5. The van der Waals surface area contributed by atoms with Crippen LogP contribution in [0.15, 0.2) is 36.4 Å². The number of ether oxygens (including phenoxy) is 2. The number of halogens is 1. The lowest BCUT2D eigenvalue weighted by Gasteiger charge is -2.14. The Morgan fingerprint density at radius 1 is 1.19 bits per heavy atom. The molecule has 0 bridgehead atoms. The van der Waals surface area contributed by atoms with Crippen LogP contribution in [0, 0.1) is 12.7 Å². The van der Waals surface area contributed by atoms with Crippen molar-refractivity contribution in [3.8, 4) is 5.75 Å². The molecule has 1 unspecified atom stereocenters. The molecule has 0 radical (unpaired) electrons. The van der Waals surface area contributed by atoms with Crippen LogP contribution in [-0.2, 0) is 9.53 Å². The van der Waals surface area contributed by atoms with E-state index in [1.54, 1.807) is 25.1 Å². The molecular weight excluding hydrogens is 337 g/mol. The second-order valence-corrected chi connectivity index (χ2v) is 6.20. The van der Waals surface area contributed by atoms with E-state index < -0.39 is 6.10 Å². The van der Waals surface area contributed by atoms with Crippen molar-refractivity contribution in [3.05, 3.63) is 58.9 Å². The molecule has 1 amide bonds. The molecule has 5 nitrogen and oxygen atoms in total. The van der Waals surface area contributed by atoms with Crippen molar-refractivity contribution in [2.24, 2.45) is 0 Å². The molecule has 1 aliphatic heterocycles. The Kier molecular flexibility index (Phi) is 5.32. The number of nitrogens with one attached hydrogen (secondary N) is 1. The van der Waals surface area contributed by atoms with Gasteiger partial charge >= 0.3 is 0 Å². The molecule has 0 saturated carbocycles. The third-order valence-corrected chi connectivity index (χ3v) is 4.36. The van der Waals surface area contributed by atoms with Crippen LogP contribution in [0.4, 0.5) is 10.1 Å². The van der Waals surface area contributed by atoms with Crippen LogP contribution in [0.3, 0.4) is 0 Å². The number of aryl methyl sites for hydroxylation is 1.